The van der Waals surface area contributed by atoms with Crippen LogP contribution in [0.2, 0.25) is 0 Å². The summed E-state index contributed by atoms with van der Waals surface area (Å²) in [5.41, 5.74) is 1.10. The number of anilines is 1. The molecule has 17 heavy (non-hydrogen) atoms. The average molecular weight is 231 g/mol. The van der Waals surface area contributed by atoms with Gasteiger partial charge in [0, 0.05) is 5.54 Å². The van der Waals surface area contributed by atoms with Crippen LogP contribution in [-0.2, 0) is 0 Å². The Labute approximate surface area is 98.2 Å². The van der Waals surface area contributed by atoms with Crippen LogP contribution in [0.4, 0.5) is 5.82 Å². The number of carbonyl (C=O) groups excluding carboxylic acids is 1. The molecule has 2 aromatic rings. The second-order valence-corrected chi connectivity index (χ2v) is 4.78. The van der Waals surface area contributed by atoms with E-state index in [-0.39, 0.29) is 5.54 Å². The fraction of sp³-hybridized carbons (Fsp3) is 0.417. The Kier molecular flexibility index (Phi) is 1.98. The summed E-state index contributed by atoms with van der Waals surface area (Å²) in [6.45, 7) is 3.89. The molecule has 0 unspecified atom stereocenters. The molecule has 0 aromatic carbocycles. The second-order valence-electron chi connectivity index (χ2n) is 4.78. The van der Waals surface area contributed by atoms with Crippen molar-refractivity contribution in [1.82, 2.24) is 9.97 Å². The van der Waals surface area contributed by atoms with Crippen molar-refractivity contribution in [2.75, 3.05) is 5.32 Å². The molecule has 0 spiro atoms. The van der Waals surface area contributed by atoms with Gasteiger partial charge in [0.15, 0.2) is 6.29 Å². The summed E-state index contributed by atoms with van der Waals surface area (Å²) in [6, 6.07) is 0. The molecule has 0 aliphatic heterocycles. The molecular formula is C12H13N3O2. The van der Waals surface area contributed by atoms with E-state index in [1.54, 1.807) is 6.92 Å². The van der Waals surface area contributed by atoms with E-state index in [4.69, 9.17) is 4.42 Å². The number of rotatable bonds is 3. The van der Waals surface area contributed by atoms with Crippen molar-refractivity contribution < 1.29 is 9.21 Å². The number of nitrogens with zero attached hydrogens (tertiary/aromatic N) is 2. The minimum Gasteiger partial charge on any atom is -0.442 e. The summed E-state index contributed by atoms with van der Waals surface area (Å²) >= 11 is 0. The summed E-state index contributed by atoms with van der Waals surface area (Å²) in [7, 11) is 0. The van der Waals surface area contributed by atoms with Crippen LogP contribution in [0, 0.1) is 6.92 Å². The molecule has 0 amide bonds. The van der Waals surface area contributed by atoms with Crippen LogP contribution < -0.4 is 5.32 Å². The fourth-order valence-corrected chi connectivity index (χ4v) is 1.90. The molecule has 1 fully saturated rings. The van der Waals surface area contributed by atoms with E-state index in [1.807, 2.05) is 0 Å². The van der Waals surface area contributed by atoms with Crippen molar-refractivity contribution in [3.05, 3.63) is 17.7 Å². The predicted octanol–water partition coefficient (Wildman–Crippen LogP) is 2.31. The standard InChI is InChI=1S/C12H13N3O2/c1-7-8(5-16)9-10(15-12(2)3-4-12)13-6-14-11(9)17-7/h5-6H,3-4H2,1-2H3,(H,13,14,15). The Hall–Kier alpha value is -1.91. The lowest BCUT2D eigenvalue weighted by Gasteiger charge is -2.12. The zero-order valence-corrected chi connectivity index (χ0v) is 9.78. The maximum Gasteiger partial charge on any atom is 0.232 e. The highest BCUT2D eigenvalue weighted by atomic mass is 16.3. The van der Waals surface area contributed by atoms with E-state index in [1.165, 1.54) is 6.33 Å². The van der Waals surface area contributed by atoms with Crippen LogP contribution in [0.25, 0.3) is 11.1 Å². The van der Waals surface area contributed by atoms with Crippen LogP contribution >= 0.6 is 0 Å². The highest BCUT2D eigenvalue weighted by Gasteiger charge is 2.38. The molecule has 1 aliphatic rings. The summed E-state index contributed by atoms with van der Waals surface area (Å²) < 4.78 is 5.44. The molecule has 3 rings (SSSR count). The molecule has 2 aromatic heterocycles. The molecule has 88 valence electrons. The van der Waals surface area contributed by atoms with Gasteiger partial charge in [-0.25, -0.2) is 9.97 Å². The first kappa shape index (κ1) is 10.3. The van der Waals surface area contributed by atoms with Gasteiger partial charge < -0.3 is 9.73 Å². The van der Waals surface area contributed by atoms with Crippen molar-refractivity contribution in [2.24, 2.45) is 0 Å². The summed E-state index contributed by atoms with van der Waals surface area (Å²) in [5, 5.41) is 4.04. The normalized spacial score (nSPS) is 17.1. The molecule has 5 nitrogen and oxygen atoms in total. The Morgan fingerprint density at radius 1 is 1.47 bits per heavy atom. The van der Waals surface area contributed by atoms with E-state index in [0.717, 1.165) is 19.1 Å². The van der Waals surface area contributed by atoms with Crippen molar-refractivity contribution in [3.8, 4) is 0 Å². The van der Waals surface area contributed by atoms with E-state index in [2.05, 4.69) is 22.2 Å². The first-order valence-electron chi connectivity index (χ1n) is 5.60. The van der Waals surface area contributed by atoms with Crippen LogP contribution in [0.3, 0.4) is 0 Å². The highest BCUT2D eigenvalue weighted by molar-refractivity contribution is 6.02. The summed E-state index contributed by atoms with van der Waals surface area (Å²) in [6.07, 6.45) is 4.48. The number of aldehydes is 1. The molecule has 0 atom stereocenters. The maximum absolute atomic E-state index is 11.1. The number of aryl methyl sites for hydroxylation is 1. The largest absolute Gasteiger partial charge is 0.442 e. The zero-order chi connectivity index (χ0) is 12.0. The SMILES string of the molecule is Cc1oc2ncnc(NC3(C)CC3)c2c1C=O. The highest BCUT2D eigenvalue weighted by Crippen LogP contribution is 2.39. The molecule has 1 N–H and O–H groups in total. The minimum atomic E-state index is 0.104. The average Bonchev–Trinajstić information content (AvgIpc) is 2.90. The Balaban J connectivity index is 2.19. The number of nitrogens with one attached hydrogen (secondary N) is 1. The van der Waals surface area contributed by atoms with Crippen LogP contribution in [0.5, 0.6) is 0 Å². The maximum atomic E-state index is 11.1. The lowest BCUT2D eigenvalue weighted by atomic mass is 10.2. The van der Waals surface area contributed by atoms with Gasteiger partial charge in [0.2, 0.25) is 5.71 Å². The van der Waals surface area contributed by atoms with Crippen molar-refractivity contribution in [2.45, 2.75) is 32.2 Å². The molecule has 0 radical (unpaired) electrons. The van der Waals surface area contributed by atoms with E-state index >= 15 is 0 Å². The number of fused-ring (bicyclic) bond motifs is 1. The van der Waals surface area contributed by atoms with E-state index in [0.29, 0.717) is 28.2 Å². The zero-order valence-electron chi connectivity index (χ0n) is 9.78. The second kappa shape index (κ2) is 3.29. The number of hydrogen-bond donors (Lipinski definition) is 1. The number of carbonyl (C=O) groups is 1. The smallest absolute Gasteiger partial charge is 0.232 e. The third kappa shape index (κ3) is 1.58. The van der Waals surface area contributed by atoms with Gasteiger partial charge in [0.25, 0.3) is 0 Å². The predicted molar refractivity (Wildman–Crippen MR) is 63.2 cm³/mol. The van der Waals surface area contributed by atoms with Gasteiger partial charge in [0.1, 0.15) is 17.9 Å². The molecular weight excluding hydrogens is 218 g/mol. The molecule has 0 saturated heterocycles. The van der Waals surface area contributed by atoms with Gasteiger partial charge in [-0.15, -0.1) is 0 Å². The van der Waals surface area contributed by atoms with Crippen molar-refractivity contribution >= 4 is 23.2 Å². The van der Waals surface area contributed by atoms with E-state index < -0.39 is 0 Å². The van der Waals surface area contributed by atoms with E-state index in [9.17, 15) is 4.79 Å². The first-order chi connectivity index (χ1) is 8.13. The summed E-state index contributed by atoms with van der Waals surface area (Å²) in [4.78, 5) is 19.4. The third-order valence-electron chi connectivity index (χ3n) is 3.25. The number of furan rings is 1. The van der Waals surface area contributed by atoms with Crippen LogP contribution in [-0.4, -0.2) is 21.8 Å². The molecule has 1 aliphatic carbocycles. The topological polar surface area (TPSA) is 68.0 Å². The van der Waals surface area contributed by atoms with Gasteiger partial charge in [-0.3, -0.25) is 4.79 Å². The van der Waals surface area contributed by atoms with Crippen LogP contribution in [0.15, 0.2) is 10.7 Å². The quantitative estimate of drug-likeness (QED) is 0.821. The summed E-state index contributed by atoms with van der Waals surface area (Å²) in [5.74, 6) is 1.27. The first-order valence-corrected chi connectivity index (χ1v) is 5.60. The number of aromatic nitrogens is 2. The molecule has 5 heteroatoms. The lowest BCUT2D eigenvalue weighted by molar-refractivity contribution is 0.112. The van der Waals surface area contributed by atoms with Crippen LogP contribution in [0.1, 0.15) is 35.9 Å². The molecule has 1 saturated carbocycles. The molecule has 0 bridgehead atoms. The van der Waals surface area contributed by atoms with Gasteiger partial charge in [-0.05, 0) is 26.7 Å². The van der Waals surface area contributed by atoms with Gasteiger partial charge >= 0.3 is 0 Å². The Morgan fingerprint density at radius 3 is 2.88 bits per heavy atom. The monoisotopic (exact) mass is 231 g/mol. The number of hydrogen-bond acceptors (Lipinski definition) is 5. The fourth-order valence-electron chi connectivity index (χ4n) is 1.90. The van der Waals surface area contributed by atoms with Gasteiger partial charge in [-0.1, -0.05) is 0 Å². The van der Waals surface area contributed by atoms with Crippen molar-refractivity contribution in [1.29, 1.82) is 0 Å². The minimum absolute atomic E-state index is 0.104. The van der Waals surface area contributed by atoms with Gasteiger partial charge in [0.05, 0.1) is 10.9 Å². The Morgan fingerprint density at radius 2 is 2.24 bits per heavy atom. The van der Waals surface area contributed by atoms with Gasteiger partial charge in [-0.2, -0.15) is 0 Å². The molecule has 2 heterocycles. The lowest BCUT2D eigenvalue weighted by Crippen LogP contribution is -2.17. The third-order valence-corrected chi connectivity index (χ3v) is 3.25. The Bertz CT molecular complexity index is 599. The van der Waals surface area contributed by atoms with Crippen molar-refractivity contribution in [3.63, 3.8) is 0 Å².